The van der Waals surface area contributed by atoms with Crippen molar-refractivity contribution in [1.82, 2.24) is 0 Å². The molecule has 0 heterocycles. The predicted octanol–water partition coefficient (Wildman–Crippen LogP) is 27.0. The zero-order valence-corrected chi connectivity index (χ0v) is 72.2. The molecular formula is C88H172O17P2. The SMILES string of the molecule is CCCCCCCCCCCCCCCCC(=O)O[C@H](COC(=O)CCCCCCCCCCCC)COP(=O)(O)OC[C@H](O)COP(=O)(O)OC[C@@H](COC(=O)CCCCCCCCCCCCCCCCCCCCC(C)C)OC(=O)CCCCCCCCCCCCCCCCCCCCC(C)CC. The second-order valence-electron chi connectivity index (χ2n) is 32.4. The first-order valence-electron chi connectivity index (χ1n) is 45.5. The molecule has 0 amide bonds. The van der Waals surface area contributed by atoms with Crippen LogP contribution in [-0.4, -0.2) is 96.7 Å². The Morgan fingerprint density at radius 2 is 0.477 bits per heavy atom. The number of hydrogen-bond acceptors (Lipinski definition) is 15. The maximum absolute atomic E-state index is 13.2. The molecule has 0 aliphatic heterocycles. The molecular weight excluding hydrogens is 1390 g/mol. The van der Waals surface area contributed by atoms with E-state index in [1.165, 1.54) is 289 Å². The van der Waals surface area contributed by atoms with Gasteiger partial charge in [-0.05, 0) is 37.5 Å². The Labute approximate surface area is 658 Å². The van der Waals surface area contributed by atoms with Gasteiger partial charge in [0.25, 0.3) is 0 Å². The van der Waals surface area contributed by atoms with Crippen LogP contribution in [0, 0.1) is 11.8 Å². The zero-order valence-electron chi connectivity index (χ0n) is 70.5. The number of ether oxygens (including phenoxy) is 4. The summed E-state index contributed by atoms with van der Waals surface area (Å²) in [4.78, 5) is 73.2. The molecule has 0 spiro atoms. The molecule has 636 valence electrons. The van der Waals surface area contributed by atoms with Gasteiger partial charge in [-0.15, -0.1) is 0 Å². The number of aliphatic hydroxyl groups excluding tert-OH is 1. The third kappa shape index (κ3) is 80.5. The average molecular weight is 1560 g/mol. The summed E-state index contributed by atoms with van der Waals surface area (Å²) in [6, 6.07) is 0. The molecule has 0 rings (SSSR count). The number of rotatable bonds is 87. The van der Waals surface area contributed by atoms with Crippen molar-refractivity contribution in [2.45, 2.75) is 490 Å². The summed E-state index contributed by atoms with van der Waals surface area (Å²) in [5, 5.41) is 10.7. The van der Waals surface area contributed by atoms with Crippen LogP contribution >= 0.6 is 15.6 Å². The van der Waals surface area contributed by atoms with Crippen LogP contribution in [0.25, 0.3) is 0 Å². The molecule has 0 aromatic rings. The molecule has 0 bridgehead atoms. The number of carbonyl (C=O) groups excluding carboxylic acids is 4. The van der Waals surface area contributed by atoms with Crippen LogP contribution in [0.3, 0.4) is 0 Å². The van der Waals surface area contributed by atoms with Crippen molar-refractivity contribution in [2.75, 3.05) is 39.6 Å². The Kier molecular flexibility index (Phi) is 77.9. The summed E-state index contributed by atoms with van der Waals surface area (Å²) in [6.07, 6.45) is 72.2. The Morgan fingerprint density at radius 3 is 0.710 bits per heavy atom. The number of aliphatic hydroxyl groups is 1. The van der Waals surface area contributed by atoms with Gasteiger partial charge in [0.2, 0.25) is 0 Å². The maximum atomic E-state index is 13.2. The third-order valence-corrected chi connectivity index (χ3v) is 23.0. The van der Waals surface area contributed by atoms with Gasteiger partial charge in [0, 0.05) is 25.7 Å². The van der Waals surface area contributed by atoms with Gasteiger partial charge < -0.3 is 33.8 Å². The van der Waals surface area contributed by atoms with Crippen molar-refractivity contribution in [1.29, 1.82) is 0 Å². The highest BCUT2D eigenvalue weighted by Gasteiger charge is 2.31. The highest BCUT2D eigenvalue weighted by molar-refractivity contribution is 7.47. The van der Waals surface area contributed by atoms with Gasteiger partial charge in [-0.1, -0.05) is 420 Å². The van der Waals surface area contributed by atoms with Crippen LogP contribution in [0.15, 0.2) is 0 Å². The Morgan fingerprint density at radius 1 is 0.271 bits per heavy atom. The number of carbonyl (C=O) groups is 4. The predicted molar refractivity (Wildman–Crippen MR) is 442 cm³/mol. The van der Waals surface area contributed by atoms with Crippen LogP contribution in [0.5, 0.6) is 0 Å². The average Bonchev–Trinajstić information content (AvgIpc) is 0.913. The summed E-state index contributed by atoms with van der Waals surface area (Å²) in [5.74, 6) is -0.405. The van der Waals surface area contributed by atoms with E-state index in [2.05, 4.69) is 41.5 Å². The molecule has 17 nitrogen and oxygen atoms in total. The molecule has 0 aliphatic carbocycles. The minimum absolute atomic E-state index is 0.108. The highest BCUT2D eigenvalue weighted by Crippen LogP contribution is 2.45. The molecule has 0 saturated carbocycles. The fourth-order valence-electron chi connectivity index (χ4n) is 13.7. The second kappa shape index (κ2) is 79.3. The van der Waals surface area contributed by atoms with Crippen molar-refractivity contribution in [3.63, 3.8) is 0 Å². The fourth-order valence-corrected chi connectivity index (χ4v) is 15.3. The lowest BCUT2D eigenvalue weighted by atomic mass is 9.99. The van der Waals surface area contributed by atoms with E-state index >= 15 is 0 Å². The molecule has 0 radical (unpaired) electrons. The molecule has 107 heavy (non-hydrogen) atoms. The molecule has 0 aromatic carbocycles. The van der Waals surface area contributed by atoms with Gasteiger partial charge in [-0.3, -0.25) is 37.3 Å². The van der Waals surface area contributed by atoms with Gasteiger partial charge in [0.05, 0.1) is 26.4 Å². The van der Waals surface area contributed by atoms with E-state index in [4.69, 9.17) is 37.0 Å². The molecule has 0 fully saturated rings. The Balaban J connectivity index is 5.21. The zero-order chi connectivity index (χ0) is 78.5. The van der Waals surface area contributed by atoms with Crippen LogP contribution in [0.2, 0.25) is 0 Å². The molecule has 0 saturated heterocycles. The summed E-state index contributed by atoms with van der Waals surface area (Å²) in [6.45, 7) is 9.78. The lowest BCUT2D eigenvalue weighted by Gasteiger charge is -2.21. The lowest BCUT2D eigenvalue weighted by Crippen LogP contribution is -2.30. The minimum atomic E-state index is -4.97. The van der Waals surface area contributed by atoms with Crippen molar-refractivity contribution < 1.29 is 80.2 Å². The van der Waals surface area contributed by atoms with Gasteiger partial charge in [-0.2, -0.15) is 0 Å². The molecule has 6 atom stereocenters. The largest absolute Gasteiger partial charge is 0.472 e. The van der Waals surface area contributed by atoms with Gasteiger partial charge in [0.15, 0.2) is 12.2 Å². The Bertz CT molecular complexity index is 2050. The van der Waals surface area contributed by atoms with Crippen molar-refractivity contribution in [3.8, 4) is 0 Å². The van der Waals surface area contributed by atoms with Crippen LogP contribution < -0.4 is 0 Å². The first-order chi connectivity index (χ1) is 51.9. The first kappa shape index (κ1) is 105. The number of phosphoric acid groups is 2. The van der Waals surface area contributed by atoms with Gasteiger partial charge in [0.1, 0.15) is 19.3 Å². The molecule has 3 unspecified atom stereocenters. The van der Waals surface area contributed by atoms with Crippen molar-refractivity contribution in [2.24, 2.45) is 11.8 Å². The van der Waals surface area contributed by atoms with Crippen LogP contribution in [0.4, 0.5) is 0 Å². The van der Waals surface area contributed by atoms with Crippen molar-refractivity contribution in [3.05, 3.63) is 0 Å². The normalized spacial score (nSPS) is 14.0. The van der Waals surface area contributed by atoms with Crippen LogP contribution in [0.1, 0.15) is 472 Å². The standard InChI is InChI=1S/C88H172O17P2/c1-7-10-12-14-16-18-20-21-36-42-48-54-60-66-72-87(92)104-83(76-98-85(90)70-64-58-52-46-19-17-15-13-11-8-2)78-102-106(94,95)100-74-82(89)75-101-107(96,97)103-79-84(77-99-86(91)71-65-59-53-47-41-37-32-28-24-22-26-30-34-39-44-50-56-62-68-80(4)5)105-88(93)73-67-61-55-49-43-38-33-29-25-23-27-31-35-40-45-51-57-63-69-81(6)9-3/h80-84,89H,7-79H2,1-6H3,(H,94,95)(H,96,97)/t81?,82-,83+,84+/m0/s1. The van der Waals surface area contributed by atoms with Gasteiger partial charge >= 0.3 is 39.5 Å². The minimum Gasteiger partial charge on any atom is -0.462 e. The monoisotopic (exact) mass is 1560 g/mol. The second-order valence-corrected chi connectivity index (χ2v) is 35.3. The summed E-state index contributed by atoms with van der Waals surface area (Å²) >= 11 is 0. The Hall–Kier alpha value is -1.94. The van der Waals surface area contributed by atoms with E-state index in [0.717, 1.165) is 102 Å². The fraction of sp³-hybridized carbons (Fsp3) is 0.955. The summed E-state index contributed by atoms with van der Waals surface area (Å²) in [5.41, 5.74) is 0. The maximum Gasteiger partial charge on any atom is 0.472 e. The summed E-state index contributed by atoms with van der Waals surface area (Å²) in [7, 11) is -9.93. The smallest absolute Gasteiger partial charge is 0.462 e. The topological polar surface area (TPSA) is 237 Å². The summed E-state index contributed by atoms with van der Waals surface area (Å²) < 4.78 is 68.9. The first-order valence-corrected chi connectivity index (χ1v) is 48.5. The number of esters is 4. The van der Waals surface area contributed by atoms with E-state index in [1.807, 2.05) is 0 Å². The third-order valence-electron chi connectivity index (χ3n) is 21.1. The van der Waals surface area contributed by atoms with E-state index in [1.54, 1.807) is 0 Å². The van der Waals surface area contributed by atoms with E-state index in [-0.39, 0.29) is 25.7 Å². The lowest BCUT2D eigenvalue weighted by molar-refractivity contribution is -0.161. The molecule has 0 aliphatic rings. The molecule has 0 aromatic heterocycles. The van der Waals surface area contributed by atoms with Gasteiger partial charge in [-0.25, -0.2) is 9.13 Å². The molecule has 19 heteroatoms. The number of phosphoric ester groups is 2. The van der Waals surface area contributed by atoms with E-state index in [0.29, 0.717) is 25.7 Å². The van der Waals surface area contributed by atoms with E-state index < -0.39 is 97.5 Å². The number of unbranched alkanes of at least 4 members (excludes halogenated alkanes) is 56. The molecule has 3 N–H and O–H groups in total. The quantitative estimate of drug-likeness (QED) is 0.0222. The number of hydrogen-bond donors (Lipinski definition) is 3. The highest BCUT2D eigenvalue weighted by atomic mass is 31.2. The van der Waals surface area contributed by atoms with Crippen LogP contribution in [-0.2, 0) is 65.4 Å². The van der Waals surface area contributed by atoms with Crippen molar-refractivity contribution >= 4 is 39.5 Å². The van der Waals surface area contributed by atoms with E-state index in [9.17, 15) is 43.2 Å².